The molecule has 0 heterocycles. The summed E-state index contributed by atoms with van der Waals surface area (Å²) in [5.41, 5.74) is 22.0. The quantitative estimate of drug-likeness (QED) is 0.0296. The van der Waals surface area contributed by atoms with Crippen molar-refractivity contribution >= 4 is 53.3 Å². The van der Waals surface area contributed by atoms with Crippen molar-refractivity contribution < 1.29 is 66.8 Å². The van der Waals surface area contributed by atoms with Crippen molar-refractivity contribution in [2.45, 2.75) is 109 Å². The van der Waals surface area contributed by atoms with E-state index in [1.165, 1.54) is 0 Å². The van der Waals surface area contributed by atoms with Gasteiger partial charge in [-0.15, -0.1) is 0 Å². The number of nitrogens with zero attached hydrogens (tertiary/aromatic N) is 1. The topological polar surface area (TPSA) is 374 Å². The van der Waals surface area contributed by atoms with Crippen molar-refractivity contribution in [3.63, 3.8) is 0 Å². The summed E-state index contributed by atoms with van der Waals surface area (Å²) in [5.74, 6) is -9.75. The number of primary amides is 1. The predicted octanol–water partition coefficient (Wildman–Crippen LogP) is -2.29. The molecule has 6 amide bonds. The van der Waals surface area contributed by atoms with E-state index in [1.807, 2.05) is 13.8 Å². The SMILES string of the molecule is CC(C)C[C@H](NC(=O)[C@H](Cc1ccccc1)NC(=O)C(O)CN)C(=O)N[C@@H](CC(C)C)C(=O)N[C@@H](CCCN=C(N)N)C(=O)N[C@@H](CC(N)=O)C(=O)O.O=C(O)C(F)(F)F. The number of aliphatic imine (C=N–C) groups is 1. The van der Waals surface area contributed by atoms with Gasteiger partial charge in [-0.3, -0.25) is 33.8 Å². The molecule has 24 heteroatoms. The number of rotatable bonds is 24. The molecule has 338 valence electrons. The fraction of sp³-hybridized carbons (Fsp3) is 0.583. The molecule has 6 atom stereocenters. The second-order valence-electron chi connectivity index (χ2n) is 14.3. The number of amides is 6. The molecule has 0 aliphatic rings. The summed E-state index contributed by atoms with van der Waals surface area (Å²) in [4.78, 5) is 103. The van der Waals surface area contributed by atoms with Gasteiger partial charge in [-0.25, -0.2) is 9.59 Å². The summed E-state index contributed by atoms with van der Waals surface area (Å²) in [6.45, 7) is 6.93. The fourth-order valence-corrected chi connectivity index (χ4v) is 5.10. The maximum absolute atomic E-state index is 13.8. The first-order chi connectivity index (χ1) is 27.8. The second-order valence-corrected chi connectivity index (χ2v) is 14.3. The zero-order chi connectivity index (χ0) is 46.3. The first-order valence-corrected chi connectivity index (χ1v) is 18.6. The number of carboxylic acid groups (broad SMARTS) is 2. The molecule has 0 radical (unpaired) electrons. The van der Waals surface area contributed by atoms with Crippen LogP contribution in [-0.2, 0) is 44.8 Å². The number of halogens is 3. The molecule has 1 rings (SSSR count). The lowest BCUT2D eigenvalue weighted by Crippen LogP contribution is -2.59. The molecule has 0 spiro atoms. The van der Waals surface area contributed by atoms with Gasteiger partial charge in [0, 0.05) is 19.5 Å². The lowest BCUT2D eigenvalue weighted by atomic mass is 9.98. The van der Waals surface area contributed by atoms with Gasteiger partial charge in [0.15, 0.2) is 5.96 Å². The molecule has 1 aromatic rings. The van der Waals surface area contributed by atoms with E-state index in [0.717, 1.165) is 0 Å². The zero-order valence-electron chi connectivity index (χ0n) is 33.7. The van der Waals surface area contributed by atoms with Crippen LogP contribution in [0.25, 0.3) is 0 Å². The van der Waals surface area contributed by atoms with Gasteiger partial charge in [0.25, 0.3) is 5.91 Å². The summed E-state index contributed by atoms with van der Waals surface area (Å²) >= 11 is 0. The highest BCUT2D eigenvalue weighted by molar-refractivity contribution is 5.96. The summed E-state index contributed by atoms with van der Waals surface area (Å²) in [5, 5.41) is 39.2. The van der Waals surface area contributed by atoms with Crippen molar-refractivity contribution in [3.05, 3.63) is 35.9 Å². The molecule has 0 saturated carbocycles. The molecule has 0 saturated heterocycles. The van der Waals surface area contributed by atoms with Crippen molar-refractivity contribution in [2.24, 2.45) is 39.8 Å². The summed E-state index contributed by atoms with van der Waals surface area (Å²) in [7, 11) is 0. The Morgan fingerprint density at radius 3 is 1.50 bits per heavy atom. The van der Waals surface area contributed by atoms with Gasteiger partial charge in [-0.2, -0.15) is 13.2 Å². The third-order valence-electron chi connectivity index (χ3n) is 7.96. The smallest absolute Gasteiger partial charge is 0.480 e. The van der Waals surface area contributed by atoms with Crippen molar-refractivity contribution in [1.29, 1.82) is 0 Å². The van der Waals surface area contributed by atoms with Gasteiger partial charge in [0.1, 0.15) is 36.3 Å². The van der Waals surface area contributed by atoms with E-state index in [2.05, 4.69) is 31.6 Å². The zero-order valence-corrected chi connectivity index (χ0v) is 33.7. The van der Waals surface area contributed by atoms with E-state index in [1.54, 1.807) is 44.2 Å². The van der Waals surface area contributed by atoms with Crippen LogP contribution in [0.4, 0.5) is 13.2 Å². The predicted molar refractivity (Wildman–Crippen MR) is 209 cm³/mol. The molecule has 0 aromatic heterocycles. The Labute approximate surface area is 344 Å². The van der Waals surface area contributed by atoms with Gasteiger partial charge in [0.2, 0.25) is 29.5 Å². The molecule has 0 aliphatic heterocycles. The number of carboxylic acids is 2. The number of hydrogen-bond acceptors (Lipinski definition) is 11. The van der Waals surface area contributed by atoms with Crippen LogP contribution >= 0.6 is 0 Å². The number of alkyl halides is 3. The van der Waals surface area contributed by atoms with Crippen LogP contribution in [0.2, 0.25) is 0 Å². The second kappa shape index (κ2) is 26.9. The highest BCUT2D eigenvalue weighted by Crippen LogP contribution is 2.14. The number of nitrogens with one attached hydrogen (secondary N) is 5. The average molecular weight is 863 g/mol. The largest absolute Gasteiger partial charge is 0.490 e. The summed E-state index contributed by atoms with van der Waals surface area (Å²) in [6.07, 6.45) is -6.97. The summed E-state index contributed by atoms with van der Waals surface area (Å²) in [6, 6.07) is 2.16. The van der Waals surface area contributed by atoms with Crippen LogP contribution in [-0.4, -0.2) is 124 Å². The number of benzene rings is 1. The van der Waals surface area contributed by atoms with E-state index >= 15 is 0 Å². The van der Waals surface area contributed by atoms with E-state index in [0.29, 0.717) is 5.56 Å². The van der Waals surface area contributed by atoms with Gasteiger partial charge in [0.05, 0.1) is 6.42 Å². The van der Waals surface area contributed by atoms with Crippen LogP contribution in [0.5, 0.6) is 0 Å². The van der Waals surface area contributed by atoms with Gasteiger partial charge < -0.3 is 64.8 Å². The number of aliphatic hydroxyl groups excluding tert-OH is 1. The Kier molecular flexibility index (Phi) is 24.2. The van der Waals surface area contributed by atoms with E-state index in [-0.39, 0.29) is 63.0 Å². The molecule has 16 N–H and O–H groups in total. The third kappa shape index (κ3) is 22.8. The molecule has 1 unspecified atom stereocenters. The number of aliphatic hydroxyl groups is 1. The van der Waals surface area contributed by atoms with E-state index in [4.69, 9.17) is 32.8 Å². The minimum Gasteiger partial charge on any atom is -0.480 e. The molecule has 0 fully saturated rings. The van der Waals surface area contributed by atoms with Crippen LogP contribution in [0.1, 0.15) is 65.4 Å². The van der Waals surface area contributed by atoms with Gasteiger partial charge in [-0.05, 0) is 43.1 Å². The summed E-state index contributed by atoms with van der Waals surface area (Å²) < 4.78 is 31.7. The molecule has 60 heavy (non-hydrogen) atoms. The number of hydrogen-bond donors (Lipinski definition) is 12. The first-order valence-electron chi connectivity index (χ1n) is 18.6. The highest BCUT2D eigenvalue weighted by Gasteiger charge is 2.38. The average Bonchev–Trinajstić information content (AvgIpc) is 3.13. The molecular weight excluding hydrogens is 805 g/mol. The molecule has 0 aliphatic carbocycles. The first kappa shape index (κ1) is 54.0. The van der Waals surface area contributed by atoms with Crippen molar-refractivity contribution in [1.82, 2.24) is 26.6 Å². The van der Waals surface area contributed by atoms with Crippen LogP contribution in [0, 0.1) is 11.8 Å². The maximum atomic E-state index is 13.8. The Morgan fingerprint density at radius 1 is 0.683 bits per heavy atom. The Morgan fingerprint density at radius 2 is 1.10 bits per heavy atom. The highest BCUT2D eigenvalue weighted by atomic mass is 19.4. The Bertz CT molecular complexity index is 1630. The number of carbonyl (C=O) groups is 8. The van der Waals surface area contributed by atoms with Crippen LogP contribution in [0.3, 0.4) is 0 Å². The van der Waals surface area contributed by atoms with Gasteiger partial charge in [-0.1, -0.05) is 58.0 Å². The monoisotopic (exact) mass is 862 g/mol. The Hall–Kier alpha value is -6.04. The maximum Gasteiger partial charge on any atom is 0.490 e. The molecule has 0 bridgehead atoms. The standard InChI is InChI=1S/C34H56N10O9.C2HF3O2/c1-18(2)13-22(29(48)40-21(11-8-12-39-34(37)38)28(47)44-25(33(52)53)16-27(36)46)41-30(49)23(14-19(3)4)42-31(50)24(43-32(51)26(45)17-35)15-20-9-6-5-7-10-20;3-2(4,5)1(6)7/h5-7,9-10,18-19,21-26,45H,8,11-17,35H2,1-4H3,(H2,36,46)(H,40,48)(H,41,49)(H,42,50)(H,43,51)(H,44,47)(H,52,53)(H4,37,38,39);(H,6,7)/t21-,22-,23-,24-,25-,26?;/m0./s1. The van der Waals surface area contributed by atoms with E-state index in [9.17, 15) is 56.9 Å². The molecular formula is C36H57F3N10O11. The van der Waals surface area contributed by atoms with Crippen LogP contribution < -0.4 is 49.5 Å². The van der Waals surface area contributed by atoms with E-state index < -0.39 is 96.3 Å². The van der Waals surface area contributed by atoms with Gasteiger partial charge >= 0.3 is 18.1 Å². The Balaban J connectivity index is 0.00000453. The number of nitrogens with two attached hydrogens (primary N) is 4. The van der Waals surface area contributed by atoms with Crippen LogP contribution in [0.15, 0.2) is 35.3 Å². The lowest BCUT2D eigenvalue weighted by molar-refractivity contribution is -0.192. The number of guanidine groups is 1. The molecule has 21 nitrogen and oxygen atoms in total. The van der Waals surface area contributed by atoms with Crippen molar-refractivity contribution in [2.75, 3.05) is 13.1 Å². The lowest BCUT2D eigenvalue weighted by Gasteiger charge is -2.28. The normalized spacial score (nSPS) is 14.1. The minimum atomic E-state index is -5.08. The fourth-order valence-electron chi connectivity index (χ4n) is 5.10. The minimum absolute atomic E-state index is 0.0267. The third-order valence-corrected chi connectivity index (χ3v) is 7.96. The number of aliphatic carboxylic acids is 2. The van der Waals surface area contributed by atoms with Crippen molar-refractivity contribution in [3.8, 4) is 0 Å². The molecule has 1 aromatic carbocycles. The number of carbonyl (C=O) groups excluding carboxylic acids is 6.